The largest absolute Gasteiger partial charge is 0.461 e. The molecule has 3 nitrogen and oxygen atoms in total. The molecule has 2 heterocycles. The fourth-order valence-electron chi connectivity index (χ4n) is 2.53. The Morgan fingerprint density at radius 2 is 2.19 bits per heavy atom. The van der Waals surface area contributed by atoms with Crippen molar-refractivity contribution < 1.29 is 9.21 Å². The van der Waals surface area contributed by atoms with Crippen molar-refractivity contribution >= 4 is 23.2 Å². The minimum absolute atomic E-state index is 0.0789. The maximum absolute atomic E-state index is 12.3. The van der Waals surface area contributed by atoms with Crippen LogP contribution in [0.1, 0.15) is 23.0 Å². The van der Waals surface area contributed by atoms with Crippen molar-refractivity contribution in [1.82, 2.24) is 4.48 Å². The predicted molar refractivity (Wildman–Crippen MR) is 86.4 cm³/mol. The maximum Gasteiger partial charge on any atom is 0.227 e. The van der Waals surface area contributed by atoms with E-state index < -0.39 is 0 Å². The van der Waals surface area contributed by atoms with Gasteiger partial charge in [-0.25, -0.2) is 0 Å². The molecule has 3 rings (SSSR count). The van der Waals surface area contributed by atoms with Gasteiger partial charge in [-0.15, -0.1) is 0 Å². The van der Waals surface area contributed by atoms with Crippen molar-refractivity contribution in [3.8, 4) is 0 Å². The van der Waals surface area contributed by atoms with Crippen molar-refractivity contribution in [2.75, 3.05) is 13.6 Å². The van der Waals surface area contributed by atoms with E-state index in [0.717, 1.165) is 11.6 Å². The van der Waals surface area contributed by atoms with Crippen LogP contribution in [0.3, 0.4) is 0 Å². The molecule has 0 saturated heterocycles. The highest BCUT2D eigenvalue weighted by Crippen LogP contribution is 2.50. The minimum atomic E-state index is -0.0789. The molecule has 1 aliphatic heterocycles. The molecule has 0 bridgehead atoms. The maximum atomic E-state index is 12.3. The highest BCUT2D eigenvalue weighted by Gasteiger charge is 2.40. The standard InChI is InChI=1S/C17H18NO2S/c1-4-18(3)13-10-12(2)7-8-16(13)21-17(18)11-14(19)15-6-5-9-20-15/h5-11H,4H2,1-3H3/q+1. The molecular formula is C17H18NO2S+. The Bertz CT molecular complexity index is 718. The first-order valence-electron chi connectivity index (χ1n) is 6.99. The van der Waals surface area contributed by atoms with Crippen molar-refractivity contribution in [3.05, 3.63) is 59.0 Å². The summed E-state index contributed by atoms with van der Waals surface area (Å²) >= 11 is 1.67. The summed E-state index contributed by atoms with van der Waals surface area (Å²) in [6.45, 7) is 5.14. The topological polar surface area (TPSA) is 30.2 Å². The van der Waals surface area contributed by atoms with E-state index in [1.165, 1.54) is 22.4 Å². The Balaban J connectivity index is 2.03. The van der Waals surface area contributed by atoms with Crippen molar-refractivity contribution in [1.29, 1.82) is 0 Å². The zero-order valence-electron chi connectivity index (χ0n) is 12.4. The fourth-order valence-corrected chi connectivity index (χ4v) is 3.85. The first-order valence-corrected chi connectivity index (χ1v) is 7.81. The number of fused-ring (bicyclic) bond motifs is 1. The van der Waals surface area contributed by atoms with Gasteiger partial charge in [0.15, 0.2) is 16.5 Å². The molecule has 0 N–H and O–H groups in total. The number of hydrogen-bond donors (Lipinski definition) is 0. The van der Waals surface area contributed by atoms with Crippen LogP contribution in [-0.4, -0.2) is 19.4 Å². The minimum Gasteiger partial charge on any atom is -0.461 e. The van der Waals surface area contributed by atoms with Gasteiger partial charge in [-0.05, 0) is 49.4 Å². The highest BCUT2D eigenvalue weighted by atomic mass is 32.2. The molecule has 0 spiro atoms. The van der Waals surface area contributed by atoms with E-state index in [0.29, 0.717) is 10.2 Å². The van der Waals surface area contributed by atoms with Crippen LogP contribution in [0.5, 0.6) is 0 Å². The SMILES string of the molecule is CC[N+]1(C)C(=CC(=O)c2ccco2)Sc2ccc(C)cc21. The number of nitrogens with zero attached hydrogens (tertiary/aromatic N) is 1. The summed E-state index contributed by atoms with van der Waals surface area (Å²) < 4.78 is 5.85. The molecule has 4 heteroatoms. The monoisotopic (exact) mass is 300 g/mol. The van der Waals surface area contributed by atoms with E-state index in [9.17, 15) is 4.79 Å². The quantitative estimate of drug-likeness (QED) is 0.479. The molecule has 0 amide bonds. The van der Waals surface area contributed by atoms with Gasteiger partial charge < -0.3 is 4.42 Å². The van der Waals surface area contributed by atoms with Crippen molar-refractivity contribution in [2.45, 2.75) is 18.7 Å². The first kappa shape index (κ1) is 14.2. The molecule has 0 fully saturated rings. The van der Waals surface area contributed by atoms with Crippen LogP contribution in [0, 0.1) is 6.92 Å². The van der Waals surface area contributed by atoms with Crippen LogP contribution in [0.4, 0.5) is 5.69 Å². The van der Waals surface area contributed by atoms with Crippen LogP contribution in [0.25, 0.3) is 0 Å². The van der Waals surface area contributed by atoms with Gasteiger partial charge in [0.2, 0.25) is 5.78 Å². The first-order chi connectivity index (χ1) is 10.0. The number of benzene rings is 1. The summed E-state index contributed by atoms with van der Waals surface area (Å²) in [6, 6.07) is 9.90. The molecule has 1 aromatic heterocycles. The molecule has 1 unspecified atom stereocenters. The zero-order valence-corrected chi connectivity index (χ0v) is 13.2. The van der Waals surface area contributed by atoms with Gasteiger partial charge in [-0.3, -0.25) is 9.28 Å². The van der Waals surface area contributed by atoms with Crippen LogP contribution < -0.4 is 4.48 Å². The predicted octanol–water partition coefficient (Wildman–Crippen LogP) is 4.38. The van der Waals surface area contributed by atoms with E-state index >= 15 is 0 Å². The number of ketones is 1. The van der Waals surface area contributed by atoms with Gasteiger partial charge in [0.05, 0.1) is 30.8 Å². The third-order valence-corrected chi connectivity index (χ3v) is 5.29. The zero-order chi connectivity index (χ0) is 15.0. The lowest BCUT2D eigenvalue weighted by molar-refractivity contribution is 0.102. The van der Waals surface area contributed by atoms with E-state index in [4.69, 9.17) is 4.42 Å². The van der Waals surface area contributed by atoms with Crippen LogP contribution >= 0.6 is 11.8 Å². The molecule has 108 valence electrons. The molecule has 1 atom stereocenters. The smallest absolute Gasteiger partial charge is 0.227 e. The summed E-state index contributed by atoms with van der Waals surface area (Å²) in [7, 11) is 2.15. The Kier molecular flexibility index (Phi) is 3.51. The summed E-state index contributed by atoms with van der Waals surface area (Å²) in [5.74, 6) is 0.308. The van der Waals surface area contributed by atoms with Gasteiger partial charge >= 0.3 is 0 Å². The number of aryl methyl sites for hydroxylation is 1. The number of quaternary nitrogens is 1. The molecular weight excluding hydrogens is 282 g/mol. The average Bonchev–Trinajstić information content (AvgIpc) is 3.08. The Labute approximate surface area is 128 Å². The number of furan rings is 1. The number of hydrogen-bond acceptors (Lipinski definition) is 3. The van der Waals surface area contributed by atoms with Gasteiger partial charge in [0.25, 0.3) is 0 Å². The van der Waals surface area contributed by atoms with E-state index in [2.05, 4.69) is 39.1 Å². The van der Waals surface area contributed by atoms with E-state index in [1.54, 1.807) is 30.0 Å². The highest BCUT2D eigenvalue weighted by molar-refractivity contribution is 8.03. The average molecular weight is 300 g/mol. The second-order valence-corrected chi connectivity index (χ2v) is 6.47. The second-order valence-electron chi connectivity index (χ2n) is 5.41. The Morgan fingerprint density at radius 1 is 1.38 bits per heavy atom. The number of carbonyl (C=O) groups excluding carboxylic acids is 1. The molecule has 1 aliphatic rings. The summed E-state index contributed by atoms with van der Waals surface area (Å²) in [4.78, 5) is 13.5. The summed E-state index contributed by atoms with van der Waals surface area (Å²) in [6.07, 6.45) is 3.24. The van der Waals surface area contributed by atoms with Gasteiger partial charge in [0.1, 0.15) is 0 Å². The van der Waals surface area contributed by atoms with Gasteiger partial charge in [0, 0.05) is 6.07 Å². The van der Waals surface area contributed by atoms with Crippen LogP contribution in [0.2, 0.25) is 0 Å². The number of carbonyl (C=O) groups is 1. The summed E-state index contributed by atoms with van der Waals surface area (Å²) in [5, 5.41) is 1.04. The molecule has 21 heavy (non-hydrogen) atoms. The Morgan fingerprint density at radius 3 is 2.86 bits per heavy atom. The van der Waals surface area contributed by atoms with E-state index in [-0.39, 0.29) is 5.78 Å². The van der Waals surface area contributed by atoms with E-state index in [1.807, 2.05) is 0 Å². The number of rotatable bonds is 3. The van der Waals surface area contributed by atoms with Gasteiger partial charge in [-0.2, -0.15) is 0 Å². The number of thioether (sulfide) groups is 1. The molecule has 0 saturated carbocycles. The lowest BCUT2D eigenvalue weighted by Crippen LogP contribution is -2.40. The fraction of sp³-hybridized carbons (Fsp3) is 0.235. The van der Waals surface area contributed by atoms with Gasteiger partial charge in [-0.1, -0.05) is 6.07 Å². The molecule has 2 aromatic rings. The number of allylic oxidation sites excluding steroid dienone is 1. The third kappa shape index (κ3) is 2.34. The molecule has 0 aliphatic carbocycles. The lowest BCUT2D eigenvalue weighted by atomic mass is 10.2. The van der Waals surface area contributed by atoms with Crippen LogP contribution in [0.15, 0.2) is 57.0 Å². The second kappa shape index (κ2) is 5.20. The summed E-state index contributed by atoms with van der Waals surface area (Å²) in [5.41, 5.74) is 2.51. The molecule has 0 radical (unpaired) electrons. The lowest BCUT2D eigenvalue weighted by Gasteiger charge is -2.28. The van der Waals surface area contributed by atoms with Crippen molar-refractivity contribution in [2.24, 2.45) is 0 Å². The van der Waals surface area contributed by atoms with Crippen LogP contribution in [-0.2, 0) is 0 Å². The molecule has 1 aromatic carbocycles. The Hall–Kier alpha value is -1.78. The normalized spacial score (nSPS) is 22.5. The van der Waals surface area contributed by atoms with Crippen molar-refractivity contribution in [3.63, 3.8) is 0 Å². The third-order valence-electron chi connectivity index (χ3n) is 4.00.